The number of aliphatic carboxylic acids is 1. The number of carboxylic acid groups (broad SMARTS) is 1. The third kappa shape index (κ3) is 3.61. The smallest absolute Gasteiger partial charge is 0.320 e. The number of rotatable bonds is 4. The lowest BCUT2D eigenvalue weighted by atomic mass is 10.1. The van der Waals surface area contributed by atoms with E-state index in [2.05, 4.69) is 0 Å². The summed E-state index contributed by atoms with van der Waals surface area (Å²) < 4.78 is 0. The van der Waals surface area contributed by atoms with Crippen molar-refractivity contribution in [2.75, 3.05) is 19.6 Å². The van der Waals surface area contributed by atoms with Crippen LogP contribution in [0.25, 0.3) is 0 Å². The van der Waals surface area contributed by atoms with E-state index in [4.69, 9.17) is 5.11 Å². The lowest BCUT2D eigenvalue weighted by Crippen LogP contribution is -2.45. The molecule has 0 aromatic carbocycles. The summed E-state index contributed by atoms with van der Waals surface area (Å²) in [5, 5.41) is 8.73. The lowest BCUT2D eigenvalue weighted by Gasteiger charge is -2.30. The molecular weight excluding hydrogens is 220 g/mol. The van der Waals surface area contributed by atoms with Gasteiger partial charge < -0.3 is 14.9 Å². The first kappa shape index (κ1) is 13.8. The van der Waals surface area contributed by atoms with E-state index < -0.39 is 5.97 Å². The number of carbonyl (C=O) groups excluding carboxylic acids is 1. The summed E-state index contributed by atoms with van der Waals surface area (Å²) in [7, 11) is 0. The zero-order valence-corrected chi connectivity index (χ0v) is 10.8. The highest BCUT2D eigenvalue weighted by Crippen LogP contribution is 2.21. The van der Waals surface area contributed by atoms with Gasteiger partial charge in [0.25, 0.3) is 0 Å². The number of urea groups is 1. The van der Waals surface area contributed by atoms with E-state index in [-0.39, 0.29) is 24.4 Å². The molecule has 1 fully saturated rings. The second kappa shape index (κ2) is 5.89. The molecule has 1 unspecified atom stereocenters. The van der Waals surface area contributed by atoms with Crippen LogP contribution in [0.1, 0.15) is 33.6 Å². The SMILES string of the molecule is CCN(C(=O)N1CCC(CC(=O)O)C1)C(C)C. The fourth-order valence-corrected chi connectivity index (χ4v) is 2.32. The van der Waals surface area contributed by atoms with E-state index >= 15 is 0 Å². The van der Waals surface area contributed by atoms with Crippen LogP contribution in [0.5, 0.6) is 0 Å². The molecule has 1 aliphatic rings. The standard InChI is InChI=1S/C12H22N2O3/c1-4-14(9(2)3)12(17)13-6-5-10(8-13)7-11(15)16/h9-10H,4-8H2,1-3H3,(H,15,16). The Kier molecular flexibility index (Phi) is 4.78. The van der Waals surface area contributed by atoms with Gasteiger partial charge in [0, 0.05) is 32.1 Å². The number of amides is 2. The summed E-state index contributed by atoms with van der Waals surface area (Å²) in [6.45, 7) is 7.89. The molecule has 1 aliphatic heterocycles. The van der Waals surface area contributed by atoms with Gasteiger partial charge in [0.1, 0.15) is 0 Å². The van der Waals surface area contributed by atoms with Crippen molar-refractivity contribution in [3.63, 3.8) is 0 Å². The topological polar surface area (TPSA) is 60.9 Å². The maximum atomic E-state index is 12.2. The molecule has 0 radical (unpaired) electrons. The van der Waals surface area contributed by atoms with Crippen LogP contribution in [0.3, 0.4) is 0 Å². The molecule has 17 heavy (non-hydrogen) atoms. The van der Waals surface area contributed by atoms with Crippen LogP contribution < -0.4 is 0 Å². The van der Waals surface area contributed by atoms with Gasteiger partial charge in [-0.05, 0) is 33.1 Å². The molecule has 98 valence electrons. The monoisotopic (exact) mass is 242 g/mol. The fraction of sp³-hybridized carbons (Fsp3) is 0.833. The van der Waals surface area contributed by atoms with Crippen LogP contribution in [0, 0.1) is 5.92 Å². The minimum atomic E-state index is -0.777. The maximum absolute atomic E-state index is 12.2. The summed E-state index contributed by atoms with van der Waals surface area (Å²) in [6.07, 6.45) is 0.964. The Morgan fingerprint density at radius 3 is 2.59 bits per heavy atom. The van der Waals surface area contributed by atoms with Gasteiger partial charge in [-0.3, -0.25) is 4.79 Å². The first-order valence-corrected chi connectivity index (χ1v) is 6.23. The van der Waals surface area contributed by atoms with Crippen molar-refractivity contribution in [3.05, 3.63) is 0 Å². The maximum Gasteiger partial charge on any atom is 0.320 e. The van der Waals surface area contributed by atoms with Crippen molar-refractivity contribution in [1.29, 1.82) is 0 Å². The molecule has 1 heterocycles. The van der Waals surface area contributed by atoms with Crippen molar-refractivity contribution >= 4 is 12.0 Å². The van der Waals surface area contributed by atoms with Crippen molar-refractivity contribution < 1.29 is 14.7 Å². The Hall–Kier alpha value is -1.26. The second-order valence-corrected chi connectivity index (χ2v) is 4.86. The first-order valence-electron chi connectivity index (χ1n) is 6.23. The minimum Gasteiger partial charge on any atom is -0.481 e. The summed E-state index contributed by atoms with van der Waals surface area (Å²) in [4.78, 5) is 26.4. The molecule has 5 nitrogen and oxygen atoms in total. The van der Waals surface area contributed by atoms with Crippen LogP contribution in [-0.2, 0) is 4.79 Å². The number of hydrogen-bond donors (Lipinski definition) is 1. The summed E-state index contributed by atoms with van der Waals surface area (Å²) in [5.41, 5.74) is 0. The molecule has 0 spiro atoms. The quantitative estimate of drug-likeness (QED) is 0.815. The predicted octanol–water partition coefficient (Wildman–Crippen LogP) is 1.63. The Balaban J connectivity index is 2.52. The molecular formula is C12H22N2O3. The van der Waals surface area contributed by atoms with Gasteiger partial charge in [-0.1, -0.05) is 0 Å². The molecule has 0 saturated carbocycles. The number of carbonyl (C=O) groups is 2. The number of hydrogen-bond acceptors (Lipinski definition) is 2. The van der Waals surface area contributed by atoms with Gasteiger partial charge in [0.2, 0.25) is 0 Å². The van der Waals surface area contributed by atoms with E-state index in [0.29, 0.717) is 19.6 Å². The molecule has 0 aromatic rings. The van der Waals surface area contributed by atoms with Crippen LogP contribution >= 0.6 is 0 Å². The van der Waals surface area contributed by atoms with Crippen LogP contribution in [0.2, 0.25) is 0 Å². The summed E-state index contributed by atoms with van der Waals surface area (Å²) >= 11 is 0. The van der Waals surface area contributed by atoms with Crippen LogP contribution in [-0.4, -0.2) is 52.6 Å². The third-order valence-corrected chi connectivity index (χ3v) is 3.23. The van der Waals surface area contributed by atoms with Gasteiger partial charge >= 0.3 is 12.0 Å². The van der Waals surface area contributed by atoms with E-state index in [1.165, 1.54) is 0 Å². The molecule has 1 rings (SSSR count). The van der Waals surface area contributed by atoms with E-state index in [0.717, 1.165) is 6.42 Å². The molecule has 5 heteroatoms. The van der Waals surface area contributed by atoms with E-state index in [1.54, 1.807) is 4.90 Å². The van der Waals surface area contributed by atoms with Gasteiger partial charge in [0.15, 0.2) is 0 Å². The second-order valence-electron chi connectivity index (χ2n) is 4.86. The summed E-state index contributed by atoms with van der Waals surface area (Å²) in [6, 6.07) is 0.224. The van der Waals surface area contributed by atoms with Crippen LogP contribution in [0.4, 0.5) is 4.79 Å². The van der Waals surface area contributed by atoms with Crippen molar-refractivity contribution in [3.8, 4) is 0 Å². The Bertz CT molecular complexity index is 291. The largest absolute Gasteiger partial charge is 0.481 e. The van der Waals surface area contributed by atoms with Crippen molar-refractivity contribution in [2.24, 2.45) is 5.92 Å². The Morgan fingerprint density at radius 1 is 1.47 bits per heavy atom. The molecule has 0 aromatic heterocycles. The highest BCUT2D eigenvalue weighted by Gasteiger charge is 2.30. The molecule has 0 aliphatic carbocycles. The average molecular weight is 242 g/mol. The Morgan fingerprint density at radius 2 is 2.12 bits per heavy atom. The zero-order valence-electron chi connectivity index (χ0n) is 10.8. The fourth-order valence-electron chi connectivity index (χ4n) is 2.32. The van der Waals surface area contributed by atoms with Crippen molar-refractivity contribution in [2.45, 2.75) is 39.7 Å². The van der Waals surface area contributed by atoms with Gasteiger partial charge in [-0.2, -0.15) is 0 Å². The normalized spacial score (nSPS) is 19.8. The number of carboxylic acids is 1. The third-order valence-electron chi connectivity index (χ3n) is 3.23. The molecule has 1 saturated heterocycles. The summed E-state index contributed by atoms with van der Waals surface area (Å²) in [5.74, 6) is -0.664. The van der Waals surface area contributed by atoms with E-state index in [1.807, 2.05) is 25.7 Å². The average Bonchev–Trinajstić information content (AvgIpc) is 2.65. The predicted molar refractivity (Wildman–Crippen MR) is 64.8 cm³/mol. The highest BCUT2D eigenvalue weighted by molar-refractivity contribution is 5.75. The first-order chi connectivity index (χ1) is 7.95. The van der Waals surface area contributed by atoms with Gasteiger partial charge in [0.05, 0.1) is 0 Å². The zero-order chi connectivity index (χ0) is 13.0. The van der Waals surface area contributed by atoms with Crippen molar-refractivity contribution in [1.82, 2.24) is 9.80 Å². The lowest BCUT2D eigenvalue weighted by molar-refractivity contribution is -0.138. The molecule has 0 bridgehead atoms. The Labute approximate surface area is 102 Å². The molecule has 1 N–H and O–H groups in total. The minimum absolute atomic E-state index is 0.0374. The van der Waals surface area contributed by atoms with Gasteiger partial charge in [-0.15, -0.1) is 0 Å². The molecule has 1 atom stereocenters. The highest BCUT2D eigenvalue weighted by atomic mass is 16.4. The number of nitrogens with zero attached hydrogens (tertiary/aromatic N) is 2. The van der Waals surface area contributed by atoms with E-state index in [9.17, 15) is 9.59 Å². The molecule has 2 amide bonds. The van der Waals surface area contributed by atoms with Crippen LogP contribution in [0.15, 0.2) is 0 Å². The van der Waals surface area contributed by atoms with Gasteiger partial charge in [-0.25, -0.2) is 4.79 Å². The number of likely N-dealkylation sites (tertiary alicyclic amines) is 1.